The van der Waals surface area contributed by atoms with Gasteiger partial charge in [0.15, 0.2) is 5.82 Å². The number of rotatable bonds is 5. The zero-order chi connectivity index (χ0) is 12.1. The summed E-state index contributed by atoms with van der Waals surface area (Å²) in [6.07, 6.45) is 1.15. The minimum Gasteiger partial charge on any atom is -0.489 e. The van der Waals surface area contributed by atoms with Gasteiger partial charge in [-0.1, -0.05) is 0 Å². The van der Waals surface area contributed by atoms with E-state index < -0.39 is 11.5 Å². The molecule has 0 saturated carbocycles. The molecule has 0 amide bonds. The van der Waals surface area contributed by atoms with Gasteiger partial charge in [0.05, 0.1) is 19.9 Å². The summed E-state index contributed by atoms with van der Waals surface area (Å²) in [5.41, 5.74) is -0.414. The molecule has 88 valence electrons. The predicted octanol–water partition coefficient (Wildman–Crippen LogP) is 0.0536. The standard InChI is InChI=1S/C9H13N3O4/c1-5(3-6(13)14)12-8-7(16-2)9(15)11-4-10-8/h4-5H,3H2,1-2H3,(H,13,14)(H2,10,11,12,15). The summed E-state index contributed by atoms with van der Waals surface area (Å²) in [4.78, 5) is 28.0. The summed E-state index contributed by atoms with van der Waals surface area (Å²) in [5, 5.41) is 11.4. The van der Waals surface area contributed by atoms with E-state index in [1.54, 1.807) is 6.92 Å². The van der Waals surface area contributed by atoms with Crippen LogP contribution in [0.3, 0.4) is 0 Å². The summed E-state index contributed by atoms with van der Waals surface area (Å²) >= 11 is 0. The highest BCUT2D eigenvalue weighted by Crippen LogP contribution is 2.15. The average molecular weight is 227 g/mol. The second-order valence-electron chi connectivity index (χ2n) is 3.26. The Morgan fingerprint density at radius 2 is 2.44 bits per heavy atom. The van der Waals surface area contributed by atoms with E-state index in [1.165, 1.54) is 13.4 Å². The van der Waals surface area contributed by atoms with Crippen molar-refractivity contribution in [3.05, 3.63) is 16.7 Å². The van der Waals surface area contributed by atoms with Crippen LogP contribution in [-0.4, -0.2) is 34.2 Å². The Hall–Kier alpha value is -2.05. The molecule has 1 rings (SSSR count). The van der Waals surface area contributed by atoms with Crippen LogP contribution in [0.1, 0.15) is 13.3 Å². The number of methoxy groups -OCH3 is 1. The summed E-state index contributed by atoms with van der Waals surface area (Å²) < 4.78 is 4.87. The Morgan fingerprint density at radius 3 is 3.00 bits per heavy atom. The Bertz CT molecular complexity index is 429. The van der Waals surface area contributed by atoms with E-state index >= 15 is 0 Å². The quantitative estimate of drug-likeness (QED) is 0.656. The molecular weight excluding hydrogens is 214 g/mol. The van der Waals surface area contributed by atoms with E-state index in [0.29, 0.717) is 0 Å². The minimum atomic E-state index is -0.927. The third-order valence-corrected chi connectivity index (χ3v) is 1.88. The molecule has 3 N–H and O–H groups in total. The molecule has 0 bridgehead atoms. The molecule has 0 fully saturated rings. The molecule has 7 nitrogen and oxygen atoms in total. The lowest BCUT2D eigenvalue weighted by Crippen LogP contribution is -2.22. The number of anilines is 1. The number of hydrogen-bond acceptors (Lipinski definition) is 5. The SMILES string of the molecule is COc1c(NC(C)CC(=O)O)nc[nH]c1=O. The second kappa shape index (κ2) is 5.15. The van der Waals surface area contributed by atoms with Crippen LogP contribution in [-0.2, 0) is 4.79 Å². The first kappa shape index (κ1) is 12.0. The predicted molar refractivity (Wildman–Crippen MR) is 56.7 cm³/mol. The number of aromatic amines is 1. The van der Waals surface area contributed by atoms with Gasteiger partial charge in [0, 0.05) is 6.04 Å². The van der Waals surface area contributed by atoms with Crippen molar-refractivity contribution in [2.45, 2.75) is 19.4 Å². The fourth-order valence-electron chi connectivity index (χ4n) is 1.23. The van der Waals surface area contributed by atoms with Gasteiger partial charge in [0.25, 0.3) is 5.56 Å². The first-order valence-corrected chi connectivity index (χ1v) is 4.64. The van der Waals surface area contributed by atoms with Gasteiger partial charge in [-0.2, -0.15) is 0 Å². The largest absolute Gasteiger partial charge is 0.489 e. The molecule has 0 saturated heterocycles. The number of ether oxygens (including phenoxy) is 1. The van der Waals surface area contributed by atoms with Gasteiger partial charge in [-0.05, 0) is 6.92 Å². The normalized spacial score (nSPS) is 11.9. The molecule has 0 radical (unpaired) electrons. The molecule has 1 unspecified atom stereocenters. The number of carboxylic acid groups (broad SMARTS) is 1. The monoisotopic (exact) mass is 227 g/mol. The Morgan fingerprint density at radius 1 is 1.75 bits per heavy atom. The molecular formula is C9H13N3O4. The smallest absolute Gasteiger partial charge is 0.305 e. The fourth-order valence-corrected chi connectivity index (χ4v) is 1.23. The molecule has 0 aliphatic rings. The van der Waals surface area contributed by atoms with Gasteiger partial charge in [-0.15, -0.1) is 0 Å². The molecule has 1 heterocycles. The number of hydrogen-bond donors (Lipinski definition) is 3. The topological polar surface area (TPSA) is 104 Å². The van der Waals surface area contributed by atoms with Crippen molar-refractivity contribution in [2.24, 2.45) is 0 Å². The summed E-state index contributed by atoms with van der Waals surface area (Å²) in [6, 6.07) is -0.347. The molecule has 1 aromatic heterocycles. The van der Waals surface area contributed by atoms with Crippen molar-refractivity contribution in [1.82, 2.24) is 9.97 Å². The van der Waals surface area contributed by atoms with Crippen molar-refractivity contribution >= 4 is 11.8 Å². The van der Waals surface area contributed by atoms with Crippen molar-refractivity contribution in [2.75, 3.05) is 12.4 Å². The number of carboxylic acids is 1. The fraction of sp³-hybridized carbons (Fsp3) is 0.444. The Balaban J connectivity index is 2.84. The zero-order valence-electron chi connectivity index (χ0n) is 8.98. The molecule has 16 heavy (non-hydrogen) atoms. The van der Waals surface area contributed by atoms with Crippen molar-refractivity contribution < 1.29 is 14.6 Å². The van der Waals surface area contributed by atoms with E-state index in [9.17, 15) is 9.59 Å². The lowest BCUT2D eigenvalue weighted by atomic mass is 10.2. The maximum Gasteiger partial charge on any atom is 0.305 e. The molecule has 0 aliphatic heterocycles. The summed E-state index contributed by atoms with van der Waals surface area (Å²) in [5.74, 6) is -0.649. The number of aliphatic carboxylic acids is 1. The van der Waals surface area contributed by atoms with Crippen LogP contribution in [0, 0.1) is 0 Å². The van der Waals surface area contributed by atoms with Crippen LogP contribution in [0.2, 0.25) is 0 Å². The highest BCUT2D eigenvalue weighted by Gasteiger charge is 2.13. The van der Waals surface area contributed by atoms with Gasteiger partial charge >= 0.3 is 5.97 Å². The average Bonchev–Trinajstić information content (AvgIpc) is 2.16. The highest BCUT2D eigenvalue weighted by atomic mass is 16.5. The third kappa shape index (κ3) is 2.97. The van der Waals surface area contributed by atoms with Gasteiger partial charge in [-0.3, -0.25) is 9.59 Å². The molecule has 1 aromatic rings. The van der Waals surface area contributed by atoms with Crippen LogP contribution >= 0.6 is 0 Å². The maximum atomic E-state index is 11.3. The third-order valence-electron chi connectivity index (χ3n) is 1.88. The van der Waals surface area contributed by atoms with Crippen molar-refractivity contribution in [3.63, 3.8) is 0 Å². The lowest BCUT2D eigenvalue weighted by Gasteiger charge is -2.13. The summed E-state index contributed by atoms with van der Waals surface area (Å²) in [6.45, 7) is 1.68. The second-order valence-corrected chi connectivity index (χ2v) is 3.26. The minimum absolute atomic E-state index is 0.0414. The van der Waals surface area contributed by atoms with E-state index in [2.05, 4.69) is 15.3 Å². The van der Waals surface area contributed by atoms with Gasteiger partial charge in [-0.25, -0.2) is 4.98 Å². The van der Waals surface area contributed by atoms with Crippen LogP contribution in [0.15, 0.2) is 11.1 Å². The number of carbonyl (C=O) groups is 1. The van der Waals surface area contributed by atoms with Crippen molar-refractivity contribution in [3.8, 4) is 5.75 Å². The molecule has 1 atom stereocenters. The maximum absolute atomic E-state index is 11.3. The van der Waals surface area contributed by atoms with Crippen LogP contribution in [0.4, 0.5) is 5.82 Å². The van der Waals surface area contributed by atoms with E-state index in [1.807, 2.05) is 0 Å². The first-order chi connectivity index (χ1) is 7.54. The van der Waals surface area contributed by atoms with Gasteiger partial charge < -0.3 is 20.1 Å². The van der Waals surface area contributed by atoms with E-state index in [0.717, 1.165) is 0 Å². The number of nitrogens with zero attached hydrogens (tertiary/aromatic N) is 1. The van der Waals surface area contributed by atoms with Crippen LogP contribution < -0.4 is 15.6 Å². The lowest BCUT2D eigenvalue weighted by molar-refractivity contribution is -0.137. The highest BCUT2D eigenvalue weighted by molar-refractivity contribution is 5.68. The van der Waals surface area contributed by atoms with E-state index in [-0.39, 0.29) is 24.0 Å². The number of H-pyrrole nitrogens is 1. The Kier molecular flexibility index (Phi) is 3.87. The van der Waals surface area contributed by atoms with Crippen LogP contribution in [0.25, 0.3) is 0 Å². The van der Waals surface area contributed by atoms with Gasteiger partial charge in [0.1, 0.15) is 0 Å². The van der Waals surface area contributed by atoms with Crippen LogP contribution in [0.5, 0.6) is 5.75 Å². The first-order valence-electron chi connectivity index (χ1n) is 4.64. The molecule has 0 aliphatic carbocycles. The molecule has 0 aromatic carbocycles. The number of aromatic nitrogens is 2. The molecule has 0 spiro atoms. The van der Waals surface area contributed by atoms with E-state index in [4.69, 9.17) is 9.84 Å². The van der Waals surface area contributed by atoms with Gasteiger partial charge in [0.2, 0.25) is 5.75 Å². The molecule has 7 heteroatoms. The zero-order valence-corrected chi connectivity index (χ0v) is 8.98. The Labute approximate surface area is 91.5 Å². The summed E-state index contributed by atoms with van der Waals surface area (Å²) in [7, 11) is 1.35. The number of nitrogens with one attached hydrogen (secondary N) is 2. The van der Waals surface area contributed by atoms with Crippen molar-refractivity contribution in [1.29, 1.82) is 0 Å².